The molecule has 0 radical (unpaired) electrons. The highest BCUT2D eigenvalue weighted by molar-refractivity contribution is 7.12. The van der Waals surface area contributed by atoms with Gasteiger partial charge in [0.2, 0.25) is 0 Å². The molecule has 0 spiro atoms. The Bertz CT molecular complexity index is 1340. The van der Waals surface area contributed by atoms with Gasteiger partial charge in [-0.2, -0.15) is 5.10 Å². The van der Waals surface area contributed by atoms with Crippen LogP contribution in [0.2, 0.25) is 0 Å². The average molecular weight is 450 g/mol. The van der Waals surface area contributed by atoms with Crippen molar-refractivity contribution in [2.45, 2.75) is 39.7 Å². The molecule has 5 rings (SSSR count). The maximum Gasteiger partial charge on any atom is 0.166 e. The van der Waals surface area contributed by atoms with Gasteiger partial charge in [-0.15, -0.1) is 11.3 Å². The number of fused-ring (bicyclic) bond motifs is 7. The van der Waals surface area contributed by atoms with Gasteiger partial charge in [-0.1, -0.05) is 6.92 Å². The van der Waals surface area contributed by atoms with Crippen molar-refractivity contribution in [3.63, 3.8) is 0 Å². The van der Waals surface area contributed by atoms with Gasteiger partial charge in [-0.25, -0.2) is 14.4 Å². The molecular formula is C24H24FN5OS. The van der Waals surface area contributed by atoms with E-state index < -0.39 is 6.10 Å². The van der Waals surface area contributed by atoms with Crippen LogP contribution < -0.4 is 10.5 Å². The number of ether oxygens (including phenoxy) is 1. The standard InChI is InChI=1S/C24H24FN5OS/c1-5-18-22-14-8-20(24(26)27-11-14)31-12(2)17-9-15(25)6-7-16(17)23-21(32-13(3)28-23)10-19(22)30(4)29-18/h6-9,11-12H,5,10H2,1-4H3,(H2,26,27)/t12-/m1/s1. The van der Waals surface area contributed by atoms with E-state index in [1.54, 1.807) is 23.6 Å². The third kappa shape index (κ3) is 3.35. The topological polar surface area (TPSA) is 78.9 Å². The molecule has 2 N–H and O–H groups in total. The number of nitrogens with two attached hydrogens (primary N) is 1. The fraction of sp³-hybridized carbons (Fsp3) is 0.292. The number of nitrogen functional groups attached to an aromatic ring is 1. The highest BCUT2D eigenvalue weighted by Gasteiger charge is 2.25. The number of aryl methyl sites for hydroxylation is 3. The summed E-state index contributed by atoms with van der Waals surface area (Å²) in [5.41, 5.74) is 12.6. The van der Waals surface area contributed by atoms with Gasteiger partial charge >= 0.3 is 0 Å². The van der Waals surface area contributed by atoms with Crippen molar-refractivity contribution in [2.24, 2.45) is 7.05 Å². The van der Waals surface area contributed by atoms with E-state index in [2.05, 4.69) is 11.9 Å². The van der Waals surface area contributed by atoms with E-state index in [4.69, 9.17) is 20.6 Å². The lowest BCUT2D eigenvalue weighted by Crippen LogP contribution is -2.09. The molecule has 0 saturated heterocycles. The number of hydrogen-bond donors (Lipinski definition) is 1. The van der Waals surface area contributed by atoms with E-state index in [1.165, 1.54) is 12.1 Å². The summed E-state index contributed by atoms with van der Waals surface area (Å²) in [4.78, 5) is 10.3. The molecule has 1 aromatic carbocycles. The first kappa shape index (κ1) is 20.6. The van der Waals surface area contributed by atoms with Gasteiger partial charge in [0.05, 0.1) is 22.1 Å². The van der Waals surface area contributed by atoms with Crippen molar-refractivity contribution < 1.29 is 9.13 Å². The summed E-state index contributed by atoms with van der Waals surface area (Å²) < 4.78 is 22.5. The number of halogens is 1. The third-order valence-electron chi connectivity index (χ3n) is 5.89. The van der Waals surface area contributed by atoms with Crippen LogP contribution in [-0.4, -0.2) is 19.7 Å². The van der Waals surface area contributed by atoms with Crippen molar-refractivity contribution in [1.29, 1.82) is 0 Å². The lowest BCUT2D eigenvalue weighted by atomic mass is 9.96. The number of aromatic nitrogens is 4. The molecule has 0 fully saturated rings. The van der Waals surface area contributed by atoms with Crippen LogP contribution in [0, 0.1) is 12.7 Å². The molecule has 0 unspecified atom stereocenters. The van der Waals surface area contributed by atoms with E-state index >= 15 is 0 Å². The van der Waals surface area contributed by atoms with Crippen molar-refractivity contribution >= 4 is 17.2 Å². The second-order valence-corrected chi connectivity index (χ2v) is 9.31. The zero-order chi connectivity index (χ0) is 22.6. The maximum atomic E-state index is 14.3. The second-order valence-electron chi connectivity index (χ2n) is 8.03. The summed E-state index contributed by atoms with van der Waals surface area (Å²) in [6, 6.07) is 6.69. The number of rotatable bonds is 1. The average Bonchev–Trinajstić information content (AvgIpc) is 3.28. The minimum Gasteiger partial charge on any atom is -0.482 e. The first-order valence-electron chi connectivity index (χ1n) is 10.6. The minimum atomic E-state index is -0.451. The predicted molar refractivity (Wildman–Crippen MR) is 124 cm³/mol. The number of benzene rings is 1. The highest BCUT2D eigenvalue weighted by atomic mass is 32.1. The Morgan fingerprint density at radius 1 is 1.31 bits per heavy atom. The lowest BCUT2D eigenvalue weighted by molar-refractivity contribution is 0.227. The second kappa shape index (κ2) is 7.70. The summed E-state index contributed by atoms with van der Waals surface area (Å²) >= 11 is 1.65. The predicted octanol–water partition coefficient (Wildman–Crippen LogP) is 5.24. The Hall–Kier alpha value is -3.26. The molecule has 1 aliphatic heterocycles. The Balaban J connectivity index is 1.84. The molecule has 164 valence electrons. The largest absolute Gasteiger partial charge is 0.482 e. The van der Waals surface area contributed by atoms with Crippen LogP contribution in [0.3, 0.4) is 0 Å². The first-order valence-corrected chi connectivity index (χ1v) is 11.4. The molecule has 8 heteroatoms. The number of thiazole rings is 1. The number of nitrogens with zero attached hydrogens (tertiary/aromatic N) is 4. The smallest absolute Gasteiger partial charge is 0.166 e. The fourth-order valence-electron chi connectivity index (χ4n) is 4.38. The minimum absolute atomic E-state index is 0.296. The molecule has 0 amide bonds. The lowest BCUT2D eigenvalue weighted by Gasteiger charge is -2.21. The van der Waals surface area contributed by atoms with Gasteiger partial charge in [-0.3, -0.25) is 4.68 Å². The number of anilines is 1. The summed E-state index contributed by atoms with van der Waals surface area (Å²) in [5, 5.41) is 5.74. The van der Waals surface area contributed by atoms with Gasteiger partial charge in [0.1, 0.15) is 11.9 Å². The van der Waals surface area contributed by atoms with Crippen LogP contribution in [0.5, 0.6) is 5.75 Å². The zero-order valence-electron chi connectivity index (χ0n) is 18.4. The van der Waals surface area contributed by atoms with Crippen molar-refractivity contribution in [1.82, 2.24) is 19.7 Å². The van der Waals surface area contributed by atoms with Gasteiger partial charge in [0.25, 0.3) is 0 Å². The SMILES string of the molecule is CCc1nn(C)c2c1-c1cnc(N)c(c1)O[C@H](C)c1cc(F)ccc1-c1nc(C)sc1C2. The molecule has 3 aromatic heterocycles. The zero-order valence-corrected chi connectivity index (χ0v) is 19.3. The number of pyridine rings is 1. The molecule has 32 heavy (non-hydrogen) atoms. The Kier molecular flexibility index (Phi) is 4.97. The van der Waals surface area contributed by atoms with E-state index in [0.717, 1.165) is 55.6 Å². The van der Waals surface area contributed by atoms with Crippen molar-refractivity contribution in [2.75, 3.05) is 5.73 Å². The maximum absolute atomic E-state index is 14.3. The Morgan fingerprint density at radius 3 is 2.91 bits per heavy atom. The van der Waals surface area contributed by atoms with Gasteiger partial charge in [0.15, 0.2) is 11.6 Å². The normalized spacial score (nSPS) is 15.1. The van der Waals surface area contributed by atoms with Crippen molar-refractivity contribution in [3.05, 3.63) is 63.1 Å². The molecule has 2 bridgehead atoms. The molecular weight excluding hydrogens is 425 g/mol. The molecule has 0 aliphatic carbocycles. The van der Waals surface area contributed by atoms with E-state index in [-0.39, 0.29) is 5.82 Å². The third-order valence-corrected chi connectivity index (χ3v) is 6.86. The van der Waals surface area contributed by atoms with Crippen LogP contribution in [0.4, 0.5) is 10.2 Å². The Morgan fingerprint density at radius 2 is 2.12 bits per heavy atom. The van der Waals surface area contributed by atoms with Gasteiger partial charge in [-0.05, 0) is 44.5 Å². The first-order chi connectivity index (χ1) is 15.4. The van der Waals surface area contributed by atoms with Crippen LogP contribution in [0.25, 0.3) is 22.4 Å². The van der Waals surface area contributed by atoms with E-state index in [1.807, 2.05) is 31.6 Å². The molecule has 0 saturated carbocycles. The summed E-state index contributed by atoms with van der Waals surface area (Å²) in [6.07, 6.45) is 2.76. The quantitative estimate of drug-likeness (QED) is 0.430. The van der Waals surface area contributed by atoms with E-state index in [0.29, 0.717) is 18.0 Å². The highest BCUT2D eigenvalue weighted by Crippen LogP contribution is 2.40. The summed E-state index contributed by atoms with van der Waals surface area (Å²) in [5.74, 6) is 0.447. The Labute approximate surface area is 189 Å². The van der Waals surface area contributed by atoms with Gasteiger partial charge < -0.3 is 10.5 Å². The van der Waals surface area contributed by atoms with E-state index in [9.17, 15) is 4.39 Å². The molecule has 1 atom stereocenters. The van der Waals surface area contributed by atoms with Crippen LogP contribution in [0.1, 0.15) is 46.8 Å². The molecule has 4 heterocycles. The van der Waals surface area contributed by atoms with Crippen molar-refractivity contribution in [3.8, 4) is 28.1 Å². The monoisotopic (exact) mass is 449 g/mol. The molecule has 1 aliphatic rings. The summed E-state index contributed by atoms with van der Waals surface area (Å²) in [7, 11) is 1.96. The summed E-state index contributed by atoms with van der Waals surface area (Å²) in [6.45, 7) is 5.98. The van der Waals surface area contributed by atoms with Crippen LogP contribution in [0.15, 0.2) is 30.5 Å². The van der Waals surface area contributed by atoms with Crippen LogP contribution >= 0.6 is 11.3 Å². The number of hydrogen-bond acceptors (Lipinski definition) is 6. The molecule has 6 nitrogen and oxygen atoms in total. The van der Waals surface area contributed by atoms with Gasteiger partial charge in [0, 0.05) is 46.8 Å². The molecule has 4 aromatic rings. The fourth-order valence-corrected chi connectivity index (χ4v) is 5.34. The van der Waals surface area contributed by atoms with Crippen LogP contribution in [-0.2, 0) is 19.9 Å².